The van der Waals surface area contributed by atoms with Crippen LogP contribution in [-0.2, 0) is 0 Å². The molecule has 0 bridgehead atoms. The molecule has 1 rings (SSSR count). The average Bonchev–Trinajstić information content (AvgIpc) is 2.13. The third-order valence-corrected chi connectivity index (χ3v) is 0.729. The van der Waals surface area contributed by atoms with Gasteiger partial charge in [0.05, 0.1) is 0 Å². The highest BCUT2D eigenvalue weighted by molar-refractivity contribution is 5.85. The van der Waals surface area contributed by atoms with Gasteiger partial charge >= 0.3 is 5.97 Å². The number of carbonyl (C=O) groups is 1. The summed E-state index contributed by atoms with van der Waals surface area (Å²) in [5.41, 5.74) is -0.685. The Bertz CT molecular complexity index is 231. The minimum Gasteiger partial charge on any atom is -0.476 e. The van der Waals surface area contributed by atoms with Crippen LogP contribution < -0.4 is 0 Å². The van der Waals surface area contributed by atoms with Gasteiger partial charge in [0.2, 0.25) is 5.69 Å². The lowest BCUT2D eigenvalue weighted by molar-refractivity contribution is 0.0681. The Morgan fingerprint density at radius 3 is 2.78 bits per heavy atom. The van der Waals surface area contributed by atoms with Gasteiger partial charge in [-0.15, -0.1) is 0 Å². The molecule has 0 aliphatic rings. The van der Waals surface area contributed by atoms with Gasteiger partial charge in [-0.1, -0.05) is 5.16 Å². The Balaban J connectivity index is 3.08. The number of carboxylic acid groups (broad SMARTS) is 1. The summed E-state index contributed by atoms with van der Waals surface area (Å²) in [6, 6.07) is 0. The lowest BCUT2D eigenvalue weighted by Gasteiger charge is -1.79. The highest BCUT2D eigenvalue weighted by atomic mass is 19.1. The molecule has 48 valence electrons. The van der Waals surface area contributed by atoms with Gasteiger partial charge in [0, 0.05) is 0 Å². The van der Waals surface area contributed by atoms with Crippen LogP contribution in [0.3, 0.4) is 0 Å². The molecule has 0 saturated heterocycles. The predicted molar refractivity (Wildman–Crippen MR) is 23.4 cm³/mol. The molecule has 0 amide bonds. The smallest absolute Gasteiger partial charge is 0.361 e. The molecule has 0 unspecified atom stereocenters. The number of hydrogen-bond donors (Lipinski definition) is 1. The molecule has 5 heteroatoms. The summed E-state index contributed by atoms with van der Waals surface area (Å²) in [5, 5.41) is 11.0. The van der Waals surface area contributed by atoms with Crippen molar-refractivity contribution in [3.8, 4) is 0 Å². The molecule has 1 aromatic rings. The predicted octanol–water partition coefficient (Wildman–Crippen LogP) is 0.512. The van der Waals surface area contributed by atoms with Gasteiger partial charge < -0.3 is 9.63 Å². The van der Waals surface area contributed by atoms with Crippen LogP contribution in [0.2, 0.25) is 0 Å². The number of aromatic nitrogens is 1. The summed E-state index contributed by atoms with van der Waals surface area (Å²) in [7, 11) is 0. The summed E-state index contributed by atoms with van der Waals surface area (Å²) < 4.78 is 16.1. The molecule has 0 aromatic carbocycles. The molecule has 4 nitrogen and oxygen atoms in total. The van der Waals surface area contributed by atoms with Crippen LogP contribution in [0.4, 0.5) is 4.39 Å². The van der Waals surface area contributed by atoms with E-state index in [1.54, 1.807) is 0 Å². The van der Waals surface area contributed by atoms with E-state index >= 15 is 0 Å². The fourth-order valence-electron chi connectivity index (χ4n) is 0.366. The summed E-state index contributed by atoms with van der Waals surface area (Å²) in [6.07, 6.45) is 0.628. The van der Waals surface area contributed by atoms with E-state index < -0.39 is 17.5 Å². The zero-order chi connectivity index (χ0) is 6.85. The Kier molecular flexibility index (Phi) is 1.18. The number of rotatable bonds is 1. The van der Waals surface area contributed by atoms with Crippen molar-refractivity contribution in [1.29, 1.82) is 0 Å². The first-order valence-corrected chi connectivity index (χ1v) is 2.05. The molecule has 0 atom stereocenters. The summed E-state index contributed by atoms with van der Waals surface area (Å²) in [6.45, 7) is 0. The molecule has 1 aromatic heterocycles. The van der Waals surface area contributed by atoms with Gasteiger partial charge in [-0.25, -0.2) is 9.18 Å². The van der Waals surface area contributed by atoms with Crippen LogP contribution in [-0.4, -0.2) is 16.2 Å². The largest absolute Gasteiger partial charge is 0.476 e. The molecule has 1 heterocycles. The first-order valence-electron chi connectivity index (χ1n) is 2.05. The molecule has 1 N–H and O–H groups in total. The summed E-state index contributed by atoms with van der Waals surface area (Å²) in [5.74, 6) is -2.39. The van der Waals surface area contributed by atoms with Crippen LogP contribution >= 0.6 is 0 Å². The van der Waals surface area contributed by atoms with E-state index in [9.17, 15) is 9.18 Å². The third-order valence-electron chi connectivity index (χ3n) is 0.729. The van der Waals surface area contributed by atoms with Crippen LogP contribution in [0.15, 0.2) is 10.8 Å². The molecule has 0 spiro atoms. The molecule has 0 saturated carbocycles. The van der Waals surface area contributed by atoms with Crippen molar-refractivity contribution in [2.75, 3.05) is 0 Å². The van der Waals surface area contributed by atoms with E-state index in [1.165, 1.54) is 0 Å². The summed E-state index contributed by atoms with van der Waals surface area (Å²) >= 11 is 0. The number of halogens is 1. The van der Waals surface area contributed by atoms with E-state index in [0.29, 0.717) is 6.26 Å². The fraction of sp³-hybridized carbons (Fsp3) is 0. The van der Waals surface area contributed by atoms with Crippen LogP contribution in [0.1, 0.15) is 10.5 Å². The Morgan fingerprint density at radius 2 is 2.56 bits per heavy atom. The Hall–Kier alpha value is -1.39. The van der Waals surface area contributed by atoms with Gasteiger partial charge in [-0.3, -0.25) is 0 Å². The molecule has 0 fully saturated rings. The monoisotopic (exact) mass is 131 g/mol. The number of hydrogen-bond acceptors (Lipinski definition) is 3. The van der Waals surface area contributed by atoms with Crippen molar-refractivity contribution in [3.05, 3.63) is 17.8 Å². The van der Waals surface area contributed by atoms with Crippen molar-refractivity contribution in [1.82, 2.24) is 5.16 Å². The number of nitrogens with zero attached hydrogens (tertiary/aromatic N) is 1. The third kappa shape index (κ3) is 0.883. The van der Waals surface area contributed by atoms with E-state index in [-0.39, 0.29) is 0 Å². The molecule has 0 aliphatic heterocycles. The minimum atomic E-state index is -1.43. The fourth-order valence-corrected chi connectivity index (χ4v) is 0.366. The van der Waals surface area contributed by atoms with Crippen molar-refractivity contribution in [2.45, 2.75) is 0 Å². The Morgan fingerprint density at radius 1 is 1.89 bits per heavy atom. The second-order valence-corrected chi connectivity index (χ2v) is 1.32. The highest BCUT2D eigenvalue weighted by Crippen LogP contribution is 2.01. The molecule has 9 heavy (non-hydrogen) atoms. The summed E-state index contributed by atoms with van der Waals surface area (Å²) in [4.78, 5) is 9.92. The van der Waals surface area contributed by atoms with E-state index in [2.05, 4.69) is 9.68 Å². The van der Waals surface area contributed by atoms with Crippen molar-refractivity contribution in [3.63, 3.8) is 0 Å². The van der Waals surface area contributed by atoms with E-state index in [0.717, 1.165) is 0 Å². The molecule has 0 radical (unpaired) electrons. The zero-order valence-corrected chi connectivity index (χ0v) is 4.17. The maximum Gasteiger partial charge on any atom is 0.361 e. The lowest BCUT2D eigenvalue weighted by Crippen LogP contribution is -1.98. The quantitative estimate of drug-likeness (QED) is 0.603. The van der Waals surface area contributed by atoms with Crippen molar-refractivity contribution in [2.24, 2.45) is 0 Å². The van der Waals surface area contributed by atoms with Crippen molar-refractivity contribution < 1.29 is 18.8 Å². The van der Waals surface area contributed by atoms with Crippen LogP contribution in [0.25, 0.3) is 0 Å². The molecular weight excluding hydrogens is 129 g/mol. The van der Waals surface area contributed by atoms with Crippen LogP contribution in [0, 0.1) is 5.82 Å². The maximum absolute atomic E-state index is 12.1. The second kappa shape index (κ2) is 1.85. The number of aromatic carboxylic acids is 1. The average molecular weight is 131 g/mol. The van der Waals surface area contributed by atoms with E-state index in [1.807, 2.05) is 0 Å². The normalized spacial score (nSPS) is 9.44. The van der Waals surface area contributed by atoms with E-state index in [4.69, 9.17) is 5.11 Å². The molecular formula is C4H2FNO3. The standard InChI is InChI=1S/C4H2FNO3/c5-2-1-9-6-3(2)4(7)8/h1H,(H,7,8). The SMILES string of the molecule is O=C(O)c1nocc1F. The van der Waals surface area contributed by atoms with Gasteiger partial charge in [-0.2, -0.15) is 0 Å². The van der Waals surface area contributed by atoms with Gasteiger partial charge in [0.1, 0.15) is 0 Å². The van der Waals surface area contributed by atoms with Gasteiger partial charge in [0.15, 0.2) is 12.1 Å². The highest BCUT2D eigenvalue weighted by Gasteiger charge is 2.13. The maximum atomic E-state index is 12.1. The topological polar surface area (TPSA) is 63.3 Å². The zero-order valence-electron chi connectivity index (χ0n) is 4.17. The lowest BCUT2D eigenvalue weighted by atomic mass is 10.4. The van der Waals surface area contributed by atoms with Crippen molar-refractivity contribution >= 4 is 5.97 Å². The molecule has 0 aliphatic carbocycles. The minimum absolute atomic E-state index is 0.628. The van der Waals surface area contributed by atoms with Gasteiger partial charge in [-0.05, 0) is 0 Å². The van der Waals surface area contributed by atoms with Gasteiger partial charge in [0.25, 0.3) is 0 Å². The number of carboxylic acids is 1. The first-order chi connectivity index (χ1) is 4.22. The Labute approximate surface area is 48.9 Å². The second-order valence-electron chi connectivity index (χ2n) is 1.32. The first kappa shape index (κ1) is 5.74. The van der Waals surface area contributed by atoms with Crippen LogP contribution in [0.5, 0.6) is 0 Å².